The topological polar surface area (TPSA) is 71.5 Å². The van der Waals surface area contributed by atoms with Crippen molar-refractivity contribution in [1.29, 1.82) is 0 Å². The average Bonchev–Trinajstić information content (AvgIpc) is 2.48. The van der Waals surface area contributed by atoms with Crippen molar-refractivity contribution in [2.75, 3.05) is 6.26 Å². The second kappa shape index (κ2) is 2.53. The molecule has 2 heterocycles. The maximum atomic E-state index is 11.7. The van der Waals surface area contributed by atoms with Crippen molar-refractivity contribution in [3.63, 3.8) is 0 Å². The third-order valence-electron chi connectivity index (χ3n) is 1.60. The highest BCUT2D eigenvalue weighted by atomic mass is 32.2. The molecule has 2 aromatic rings. The van der Waals surface area contributed by atoms with E-state index in [1.54, 1.807) is 0 Å². The van der Waals surface area contributed by atoms with Crippen LogP contribution in [0.1, 0.15) is 0 Å². The molecular weight excluding hydrogens is 188 g/mol. The molecule has 6 heteroatoms. The molecule has 0 aliphatic rings. The van der Waals surface area contributed by atoms with Crippen molar-refractivity contribution in [1.82, 2.24) is 19.9 Å². The molecule has 1 atom stereocenters. The number of nitrogens with one attached hydrogen (secondary N) is 1. The smallest absolute Gasteiger partial charge is 0.181 e. The van der Waals surface area contributed by atoms with Gasteiger partial charge in [0.25, 0.3) is 0 Å². The van der Waals surface area contributed by atoms with Gasteiger partial charge in [0.2, 0.25) is 0 Å². The molecule has 1 unspecified atom stereocenters. The predicted octanol–water partition coefficient (Wildman–Crippen LogP) is 0.0580. The molecule has 2 rings (SSSR count). The van der Waals surface area contributed by atoms with Gasteiger partial charge in [-0.15, -0.1) is 0 Å². The van der Waals surface area contributed by atoms with E-state index in [4.69, 9.17) is 0 Å². The Bertz CT molecular complexity index is 542. The standard InChI is InChI=1S/C7H8N4OS/c1-13(2,12)7-5-6(9-3-8-5)10-4-11-7/h3-4H,1H2,2H3,(H,8,9,10,11). The van der Waals surface area contributed by atoms with Crippen molar-refractivity contribution >= 4 is 26.6 Å². The molecule has 1 N–H and O–H groups in total. The van der Waals surface area contributed by atoms with Gasteiger partial charge in [-0.25, -0.2) is 15.0 Å². The maximum Gasteiger partial charge on any atom is 0.181 e. The van der Waals surface area contributed by atoms with Gasteiger partial charge in [0.1, 0.15) is 16.9 Å². The van der Waals surface area contributed by atoms with Gasteiger partial charge in [-0.05, 0) is 5.87 Å². The first-order valence-electron chi connectivity index (χ1n) is 3.55. The zero-order valence-corrected chi connectivity index (χ0v) is 7.84. The van der Waals surface area contributed by atoms with Crippen LogP contribution in [0.15, 0.2) is 17.7 Å². The van der Waals surface area contributed by atoms with Crippen molar-refractivity contribution < 1.29 is 4.21 Å². The molecule has 0 radical (unpaired) electrons. The molecular formula is C7H8N4OS. The summed E-state index contributed by atoms with van der Waals surface area (Å²) in [4.78, 5) is 14.6. The molecule has 0 fully saturated rings. The fourth-order valence-corrected chi connectivity index (χ4v) is 1.92. The van der Waals surface area contributed by atoms with E-state index in [0.29, 0.717) is 16.2 Å². The summed E-state index contributed by atoms with van der Waals surface area (Å²) in [6.07, 6.45) is 4.37. The van der Waals surface area contributed by atoms with E-state index in [2.05, 4.69) is 25.8 Å². The van der Waals surface area contributed by atoms with Gasteiger partial charge in [-0.3, -0.25) is 4.21 Å². The Balaban J connectivity index is 2.91. The Morgan fingerprint density at radius 1 is 1.46 bits per heavy atom. The van der Waals surface area contributed by atoms with Crippen LogP contribution in [-0.4, -0.2) is 36.3 Å². The number of nitrogens with zero attached hydrogens (tertiary/aromatic N) is 3. The molecule has 0 aliphatic heterocycles. The van der Waals surface area contributed by atoms with Crippen LogP contribution in [0.4, 0.5) is 0 Å². The summed E-state index contributed by atoms with van der Waals surface area (Å²) >= 11 is 0. The summed E-state index contributed by atoms with van der Waals surface area (Å²) in [6, 6.07) is 0. The largest absolute Gasteiger partial charge is 0.341 e. The van der Waals surface area contributed by atoms with Crippen molar-refractivity contribution in [3.05, 3.63) is 12.7 Å². The van der Waals surface area contributed by atoms with E-state index in [1.165, 1.54) is 18.9 Å². The highest BCUT2D eigenvalue weighted by Gasteiger charge is 2.10. The summed E-state index contributed by atoms with van der Waals surface area (Å²) in [5.41, 5.74) is 1.12. The van der Waals surface area contributed by atoms with Gasteiger partial charge in [0.15, 0.2) is 5.65 Å². The van der Waals surface area contributed by atoms with Crippen LogP contribution < -0.4 is 0 Å². The zero-order chi connectivity index (χ0) is 9.47. The minimum atomic E-state index is -2.32. The number of rotatable bonds is 1. The SMILES string of the molecule is C=S(C)(=O)c1ncnc2nc[nH]c12. The number of hydrogen-bond acceptors (Lipinski definition) is 4. The van der Waals surface area contributed by atoms with Crippen molar-refractivity contribution in [2.45, 2.75) is 5.03 Å². The molecule has 0 aliphatic carbocycles. The zero-order valence-electron chi connectivity index (χ0n) is 7.02. The third-order valence-corrected chi connectivity index (χ3v) is 2.72. The van der Waals surface area contributed by atoms with Crippen LogP contribution in [0, 0.1) is 0 Å². The molecule has 0 amide bonds. The average molecular weight is 196 g/mol. The summed E-state index contributed by atoms with van der Waals surface area (Å²) in [5, 5.41) is 0.426. The third kappa shape index (κ3) is 1.29. The maximum absolute atomic E-state index is 11.7. The Hall–Kier alpha value is -1.43. The van der Waals surface area contributed by atoms with Gasteiger partial charge in [0.05, 0.1) is 6.33 Å². The molecule has 0 saturated heterocycles. The predicted molar refractivity (Wildman–Crippen MR) is 51.1 cm³/mol. The molecule has 0 bridgehead atoms. The summed E-state index contributed by atoms with van der Waals surface area (Å²) < 4.78 is 11.7. The highest BCUT2D eigenvalue weighted by molar-refractivity contribution is 7.99. The Morgan fingerprint density at radius 2 is 2.23 bits per heavy atom. The molecule has 0 aromatic carbocycles. The highest BCUT2D eigenvalue weighted by Crippen LogP contribution is 2.13. The first kappa shape index (κ1) is 8.18. The van der Waals surface area contributed by atoms with E-state index in [9.17, 15) is 4.21 Å². The van der Waals surface area contributed by atoms with Crippen LogP contribution in [0.25, 0.3) is 11.2 Å². The number of hydrogen-bond donors (Lipinski definition) is 1. The summed E-state index contributed by atoms with van der Waals surface area (Å²) in [6.45, 7) is 0. The number of imidazole rings is 1. The van der Waals surface area contributed by atoms with Gasteiger partial charge in [-0.1, -0.05) is 0 Å². The number of aromatic amines is 1. The quantitative estimate of drug-likeness (QED) is 0.517. The van der Waals surface area contributed by atoms with Crippen molar-refractivity contribution in [2.24, 2.45) is 0 Å². The number of aromatic nitrogens is 4. The second-order valence-corrected chi connectivity index (χ2v) is 5.18. The fraction of sp³-hybridized carbons (Fsp3) is 0.143. The lowest BCUT2D eigenvalue weighted by Crippen LogP contribution is -2.01. The summed E-state index contributed by atoms with van der Waals surface area (Å²) in [5.74, 6) is 3.56. The molecule has 68 valence electrons. The number of fused-ring (bicyclic) bond motifs is 1. The first-order valence-corrected chi connectivity index (χ1v) is 5.69. The van der Waals surface area contributed by atoms with Crippen molar-refractivity contribution in [3.8, 4) is 0 Å². The van der Waals surface area contributed by atoms with E-state index in [0.717, 1.165) is 0 Å². The van der Waals surface area contributed by atoms with Gasteiger partial charge in [-0.2, -0.15) is 0 Å². The van der Waals surface area contributed by atoms with Gasteiger partial charge >= 0.3 is 0 Å². The van der Waals surface area contributed by atoms with E-state index in [-0.39, 0.29) is 0 Å². The molecule has 2 aromatic heterocycles. The normalized spacial score (nSPS) is 15.8. The molecule has 5 nitrogen and oxygen atoms in total. The lowest BCUT2D eigenvalue weighted by molar-refractivity contribution is 0.682. The van der Waals surface area contributed by atoms with Gasteiger partial charge in [0, 0.05) is 15.8 Å². The van der Waals surface area contributed by atoms with Gasteiger partial charge < -0.3 is 4.98 Å². The van der Waals surface area contributed by atoms with Crippen LogP contribution in [-0.2, 0) is 9.52 Å². The van der Waals surface area contributed by atoms with E-state index >= 15 is 0 Å². The monoisotopic (exact) mass is 196 g/mol. The first-order chi connectivity index (χ1) is 6.09. The second-order valence-electron chi connectivity index (χ2n) is 2.78. The molecule has 0 saturated carbocycles. The minimum Gasteiger partial charge on any atom is -0.341 e. The van der Waals surface area contributed by atoms with Crippen LogP contribution in [0.5, 0.6) is 0 Å². The van der Waals surface area contributed by atoms with Crippen LogP contribution >= 0.6 is 0 Å². The Morgan fingerprint density at radius 3 is 2.92 bits per heavy atom. The van der Waals surface area contributed by atoms with Crippen LogP contribution in [0.3, 0.4) is 0 Å². The minimum absolute atomic E-state index is 0.426. The Kier molecular flexibility index (Phi) is 1.59. The summed E-state index contributed by atoms with van der Waals surface area (Å²) in [7, 11) is -2.32. The van der Waals surface area contributed by atoms with Crippen LogP contribution in [0.2, 0.25) is 0 Å². The number of H-pyrrole nitrogens is 1. The molecule has 0 spiro atoms. The lowest BCUT2D eigenvalue weighted by atomic mass is 10.6. The molecule has 13 heavy (non-hydrogen) atoms. The van der Waals surface area contributed by atoms with E-state index < -0.39 is 9.52 Å². The Labute approximate surface area is 75.3 Å². The lowest BCUT2D eigenvalue weighted by Gasteiger charge is -2.00. The fourth-order valence-electron chi connectivity index (χ4n) is 1.07. The van der Waals surface area contributed by atoms with E-state index in [1.807, 2.05) is 0 Å².